The standard InChI is InChI=1S/C26H22N2O6S.C25H20N2O6S.C24H17ClN2O6S.C24H17FN2O6S/c1-15-4-7-18(8-5-15)27-23(29)14-28-24(30)22(35-26(28)32)13-19-9-11-21(34-19)20-10-6-17(12-16(20)2)25(31)33-3;1-14-6-8-16(9-7-14)26-22(28)13-27-23(29)21(34-25(27)32)12-17-10-11-20(33-17)18-4-3-5-19(15(18)2)24(30)31;1-13-2-5-15(6-3-13)26-21(28)12-27-22(29)20(34-24(27)32)11-16-7-9-19(33-16)17-10-14(23(30)31)4-8-18(17)25;1-13-15(5-4-6-16(13)23(30)31)19-10-9-14(33-19)11-20-22(29)27(24(32)34-20)12-21(28)26-18-8-3-2-7-17(18)25/h4-13H,14H2,1-3H3,(H,27,29);3-12H,13H2,1-2H3,(H,26,28)(H,30,31);2*2-11H,12H2,1H3,(H,26,28)(H,30,31)/b22-13-;21-12-;2*20-11-. The van der Waals surface area contributed by atoms with E-state index in [4.69, 9.17) is 34.0 Å². The summed E-state index contributed by atoms with van der Waals surface area (Å²) in [6, 6.07) is 59.1. The van der Waals surface area contributed by atoms with Crippen molar-refractivity contribution < 1.29 is 119 Å². The van der Waals surface area contributed by atoms with Crippen LogP contribution in [0.4, 0.5) is 46.3 Å². The number of carbonyl (C=O) groups is 16. The van der Waals surface area contributed by atoms with Crippen molar-refractivity contribution in [1.82, 2.24) is 19.6 Å². The number of para-hydroxylation sites is 1. The molecule has 4 aliphatic heterocycles. The summed E-state index contributed by atoms with van der Waals surface area (Å²) < 4.78 is 41.6. The Hall–Kier alpha value is -16.2. The molecule has 7 N–H and O–H groups in total. The molecule has 0 atom stereocenters. The number of rotatable bonds is 24. The fourth-order valence-corrected chi connectivity index (χ4v) is 17.0. The summed E-state index contributed by atoms with van der Waals surface area (Å²) in [5.41, 5.74) is 9.81. The van der Waals surface area contributed by atoms with Crippen LogP contribution in [0.25, 0.3) is 69.6 Å². The normalized spacial score (nSPS) is 14.6. The Balaban J connectivity index is 0.000000154. The second kappa shape index (κ2) is 43.6. The van der Waals surface area contributed by atoms with Crippen molar-refractivity contribution in [3.63, 3.8) is 0 Å². The molecule has 0 saturated carbocycles. The number of amides is 12. The van der Waals surface area contributed by atoms with Gasteiger partial charge < -0.3 is 59.0 Å². The van der Waals surface area contributed by atoms with Gasteiger partial charge in [-0.3, -0.25) is 77.1 Å². The Morgan fingerprint density at radius 2 is 0.693 bits per heavy atom. The van der Waals surface area contributed by atoms with Gasteiger partial charge in [0.1, 0.15) is 78.1 Å². The summed E-state index contributed by atoms with van der Waals surface area (Å²) >= 11 is 8.99. The van der Waals surface area contributed by atoms with E-state index in [9.17, 15) is 96.4 Å². The molecular weight excluding hydrogens is 1870 g/mol. The van der Waals surface area contributed by atoms with Crippen molar-refractivity contribution in [3.8, 4) is 45.3 Å². The summed E-state index contributed by atoms with van der Waals surface area (Å²) in [5.74, 6) is -5.95. The Kier molecular flexibility index (Phi) is 31.3. The third-order valence-electron chi connectivity index (χ3n) is 20.5. The van der Waals surface area contributed by atoms with Crippen LogP contribution >= 0.6 is 58.6 Å². The van der Waals surface area contributed by atoms with Crippen LogP contribution in [0, 0.1) is 47.4 Å². The number of hydrogen-bond donors (Lipinski definition) is 7. The van der Waals surface area contributed by atoms with Crippen molar-refractivity contribution >= 4 is 198 Å². The van der Waals surface area contributed by atoms with E-state index >= 15 is 0 Å². The number of aromatic carboxylic acids is 3. The van der Waals surface area contributed by atoms with Crippen LogP contribution in [0.15, 0.2) is 256 Å². The van der Waals surface area contributed by atoms with E-state index < -0.39 is 118 Å². The molecule has 0 unspecified atom stereocenters. The van der Waals surface area contributed by atoms with Crippen LogP contribution < -0.4 is 21.3 Å². The van der Waals surface area contributed by atoms with Crippen molar-refractivity contribution in [1.29, 1.82) is 0 Å². The smallest absolute Gasteiger partial charge is 0.337 e. The molecular formula is C99H76ClFN8O24S4. The fraction of sp³-hybridized carbons (Fsp3) is 0.111. The lowest BCUT2D eigenvalue weighted by atomic mass is 10.0. The Morgan fingerprint density at radius 1 is 0.365 bits per heavy atom. The average molecular weight is 1940 g/mol. The van der Waals surface area contributed by atoms with Crippen LogP contribution in [0.3, 0.4) is 0 Å². The molecule has 12 aromatic rings. The minimum Gasteiger partial charge on any atom is -0.478 e. The largest absolute Gasteiger partial charge is 0.478 e. The fourth-order valence-electron chi connectivity index (χ4n) is 13.5. The van der Waals surface area contributed by atoms with E-state index in [0.29, 0.717) is 114 Å². The predicted octanol–water partition coefficient (Wildman–Crippen LogP) is 20.0. The van der Waals surface area contributed by atoms with Crippen LogP contribution in [0.2, 0.25) is 5.02 Å². The molecule has 4 fully saturated rings. The van der Waals surface area contributed by atoms with E-state index in [0.717, 1.165) is 70.9 Å². The maximum atomic E-state index is 13.7. The molecule has 0 radical (unpaired) electrons. The zero-order valence-electron chi connectivity index (χ0n) is 73.0. The predicted molar refractivity (Wildman–Crippen MR) is 513 cm³/mol. The van der Waals surface area contributed by atoms with Gasteiger partial charge in [-0.25, -0.2) is 23.6 Å². The van der Waals surface area contributed by atoms with Crippen LogP contribution in [0.1, 0.15) is 97.9 Å². The van der Waals surface area contributed by atoms with Gasteiger partial charge in [-0.05, 0) is 245 Å². The molecule has 8 heterocycles. The number of aryl methyl sites for hydroxylation is 4. The van der Waals surface area contributed by atoms with Crippen molar-refractivity contribution in [2.45, 2.75) is 41.5 Å². The molecule has 8 aromatic carbocycles. The van der Waals surface area contributed by atoms with E-state index in [2.05, 4.69) is 21.3 Å². The van der Waals surface area contributed by atoms with Gasteiger partial charge in [-0.15, -0.1) is 0 Å². The number of esters is 1. The molecule has 137 heavy (non-hydrogen) atoms. The molecule has 32 nitrogen and oxygen atoms in total. The van der Waals surface area contributed by atoms with Gasteiger partial charge in [0.25, 0.3) is 44.6 Å². The molecule has 0 spiro atoms. The lowest BCUT2D eigenvalue weighted by molar-refractivity contribution is -0.127. The average Bonchev–Trinajstić information content (AvgIpc) is 1.81. The molecule has 4 saturated heterocycles. The number of methoxy groups -OCH3 is 1. The van der Waals surface area contributed by atoms with E-state index in [1.165, 1.54) is 79.9 Å². The number of hydrogen-bond acceptors (Lipinski definition) is 25. The van der Waals surface area contributed by atoms with Crippen LogP contribution in [-0.4, -0.2) is 160 Å². The number of thioether (sulfide) groups is 4. The van der Waals surface area contributed by atoms with Gasteiger partial charge >= 0.3 is 23.9 Å². The van der Waals surface area contributed by atoms with E-state index in [1.54, 1.807) is 147 Å². The van der Waals surface area contributed by atoms with E-state index in [-0.39, 0.29) is 60.1 Å². The van der Waals surface area contributed by atoms with Crippen molar-refractivity contribution in [3.05, 3.63) is 328 Å². The number of ether oxygens (including phenoxy) is 1. The zero-order chi connectivity index (χ0) is 98.3. The Bertz CT molecular complexity index is 6930. The minimum absolute atomic E-state index is 0.0439. The van der Waals surface area contributed by atoms with Crippen molar-refractivity contribution in [2.24, 2.45) is 0 Å². The number of carboxylic acids is 3. The monoisotopic (exact) mass is 1940 g/mol. The number of nitrogens with zero attached hydrogens (tertiary/aromatic N) is 4. The van der Waals surface area contributed by atoms with E-state index in [1.807, 2.05) is 64.1 Å². The van der Waals surface area contributed by atoms with Gasteiger partial charge in [0, 0.05) is 63.6 Å². The maximum Gasteiger partial charge on any atom is 0.337 e. The number of carboxylic acid groups (broad SMARTS) is 3. The van der Waals surface area contributed by atoms with Gasteiger partial charge in [-0.2, -0.15) is 0 Å². The molecule has 0 bridgehead atoms. The first-order valence-electron chi connectivity index (χ1n) is 40.9. The minimum atomic E-state index is -1.11. The second-order valence-corrected chi connectivity index (χ2v) is 34.6. The number of nitrogens with one attached hydrogen (secondary N) is 4. The molecule has 4 aliphatic rings. The Labute approximate surface area is 800 Å². The number of furan rings is 4. The first kappa shape index (κ1) is 98.3. The van der Waals surface area contributed by atoms with Gasteiger partial charge in [0.15, 0.2) is 0 Å². The van der Waals surface area contributed by atoms with Gasteiger partial charge in [-0.1, -0.05) is 107 Å². The molecule has 694 valence electrons. The maximum absolute atomic E-state index is 13.7. The zero-order valence-corrected chi connectivity index (χ0v) is 77.0. The van der Waals surface area contributed by atoms with Gasteiger partial charge in [0.05, 0.1) is 59.7 Å². The Morgan fingerprint density at radius 3 is 1.02 bits per heavy atom. The highest BCUT2D eigenvalue weighted by Crippen LogP contribution is 2.41. The molecule has 0 aliphatic carbocycles. The molecule has 4 aromatic heterocycles. The third kappa shape index (κ3) is 24.4. The van der Waals surface area contributed by atoms with Crippen molar-refractivity contribution in [2.75, 3.05) is 54.6 Å². The topological polar surface area (TPSA) is 457 Å². The summed E-state index contributed by atoms with van der Waals surface area (Å²) in [7, 11) is 1.32. The number of imide groups is 4. The number of anilines is 4. The summed E-state index contributed by atoms with van der Waals surface area (Å²) in [6.07, 6.45) is 5.67. The highest BCUT2D eigenvalue weighted by Gasteiger charge is 2.41. The SMILES string of the molecule is COC(=O)c1ccc(-c2ccc(/C=C3\SC(=O)N(CC(=O)Nc4ccc(C)cc4)C3=O)o2)c(C)c1.Cc1c(C(=O)O)cccc1-c1ccc(/C=C2\SC(=O)N(CC(=O)Nc3ccccc3F)C2=O)o1.Cc1ccc(NC(=O)CN2C(=O)S/C(=C\c3ccc(-c4cc(C(=O)O)ccc4Cl)o3)C2=O)cc1.Cc1ccc(NC(=O)CN2C(=O)S/C(=C\c3ccc(-c4cccc(C(=O)O)c4C)o3)C2=O)cc1. The highest BCUT2D eigenvalue weighted by atomic mass is 35.5. The van der Waals surface area contributed by atoms with Gasteiger partial charge in [0.2, 0.25) is 23.6 Å². The van der Waals surface area contributed by atoms with Crippen LogP contribution in [-0.2, 0) is 43.1 Å². The molecule has 38 heteroatoms. The first-order chi connectivity index (χ1) is 65.4. The number of benzene rings is 8. The summed E-state index contributed by atoms with van der Waals surface area (Å²) in [4.78, 5) is 199. The lowest BCUT2D eigenvalue weighted by Crippen LogP contribution is -2.36. The third-order valence-corrected chi connectivity index (χ3v) is 24.5. The first-order valence-corrected chi connectivity index (χ1v) is 44.5. The number of carbonyl (C=O) groups excluding carboxylic acids is 13. The highest BCUT2D eigenvalue weighted by molar-refractivity contribution is 8.19. The van der Waals surface area contributed by atoms with Crippen LogP contribution in [0.5, 0.6) is 0 Å². The summed E-state index contributed by atoms with van der Waals surface area (Å²) in [5, 5.41) is 36.2. The molecule has 16 rings (SSSR count). The summed E-state index contributed by atoms with van der Waals surface area (Å²) in [6.45, 7) is 9.20. The lowest BCUT2D eigenvalue weighted by Gasteiger charge is -2.12. The second-order valence-electron chi connectivity index (χ2n) is 30.2. The number of halogens is 2. The molecule has 12 amide bonds. The quantitative estimate of drug-likeness (QED) is 0.0218.